The van der Waals surface area contributed by atoms with Gasteiger partial charge in [-0.15, -0.1) is 0 Å². The standard InChI is InChI=1S/C16H23N3O7S2/c1-3-8-28(25,26)18-6-4-13(5-7-18)17-16(20)12-9-14(19(21)22)11-15(10-12)27(2,23)24/h9-11,13H,3-8H2,1-2H3,(H,17,20). The number of carbonyl (C=O) groups excluding carboxylic acids is 1. The molecule has 0 spiro atoms. The molecule has 0 atom stereocenters. The Morgan fingerprint density at radius 1 is 1.21 bits per heavy atom. The van der Waals surface area contributed by atoms with Crippen molar-refractivity contribution in [1.82, 2.24) is 9.62 Å². The molecule has 1 heterocycles. The topological polar surface area (TPSA) is 144 Å². The summed E-state index contributed by atoms with van der Waals surface area (Å²) in [6, 6.07) is 2.72. The maximum Gasteiger partial charge on any atom is 0.271 e. The molecule has 0 radical (unpaired) electrons. The van der Waals surface area contributed by atoms with E-state index in [0.29, 0.717) is 19.3 Å². The number of nitro groups is 1. The van der Waals surface area contributed by atoms with E-state index in [4.69, 9.17) is 0 Å². The number of rotatable bonds is 7. The molecule has 1 saturated heterocycles. The second kappa shape index (κ2) is 8.53. The minimum atomic E-state index is -3.73. The number of sulfone groups is 1. The summed E-state index contributed by atoms with van der Waals surface area (Å²) in [6.07, 6.45) is 2.24. The number of nitro benzene ring substituents is 1. The van der Waals surface area contributed by atoms with Crippen LogP contribution < -0.4 is 5.32 Å². The lowest BCUT2D eigenvalue weighted by molar-refractivity contribution is -0.385. The third kappa shape index (κ3) is 5.49. The average Bonchev–Trinajstić information content (AvgIpc) is 2.61. The maximum atomic E-state index is 12.5. The van der Waals surface area contributed by atoms with Crippen LogP contribution >= 0.6 is 0 Å². The van der Waals surface area contributed by atoms with Crippen LogP contribution in [0.2, 0.25) is 0 Å². The summed E-state index contributed by atoms with van der Waals surface area (Å²) in [5.41, 5.74) is -0.621. The maximum absolute atomic E-state index is 12.5. The first-order chi connectivity index (χ1) is 12.9. The first-order valence-electron chi connectivity index (χ1n) is 8.72. The highest BCUT2D eigenvalue weighted by molar-refractivity contribution is 7.90. The van der Waals surface area contributed by atoms with E-state index in [1.807, 2.05) is 0 Å². The van der Waals surface area contributed by atoms with Crippen LogP contribution in [0.15, 0.2) is 23.1 Å². The van der Waals surface area contributed by atoms with E-state index >= 15 is 0 Å². The molecule has 156 valence electrons. The van der Waals surface area contributed by atoms with Gasteiger partial charge in [-0.25, -0.2) is 21.1 Å². The van der Waals surface area contributed by atoms with Crippen molar-refractivity contribution in [2.24, 2.45) is 0 Å². The van der Waals surface area contributed by atoms with Gasteiger partial charge in [0.25, 0.3) is 11.6 Å². The van der Waals surface area contributed by atoms with E-state index in [2.05, 4.69) is 5.32 Å². The zero-order valence-electron chi connectivity index (χ0n) is 15.6. The highest BCUT2D eigenvalue weighted by atomic mass is 32.2. The Morgan fingerprint density at radius 3 is 2.32 bits per heavy atom. The molecule has 2 rings (SSSR count). The molecule has 0 unspecified atom stereocenters. The van der Waals surface area contributed by atoms with E-state index in [9.17, 15) is 31.7 Å². The van der Waals surface area contributed by atoms with Crippen molar-refractivity contribution in [3.8, 4) is 0 Å². The van der Waals surface area contributed by atoms with Gasteiger partial charge in [0.05, 0.1) is 15.6 Å². The Labute approximate surface area is 164 Å². The van der Waals surface area contributed by atoms with Gasteiger partial charge in [-0.1, -0.05) is 6.92 Å². The molecule has 0 aliphatic carbocycles. The molecule has 1 aliphatic heterocycles. The van der Waals surface area contributed by atoms with Crippen molar-refractivity contribution in [3.63, 3.8) is 0 Å². The molecule has 10 nitrogen and oxygen atoms in total. The van der Waals surface area contributed by atoms with Gasteiger partial charge in [0.15, 0.2) is 9.84 Å². The molecule has 1 amide bonds. The fourth-order valence-electron chi connectivity index (χ4n) is 2.97. The number of non-ortho nitro benzene ring substituents is 1. The average molecular weight is 434 g/mol. The minimum absolute atomic E-state index is 0.0754. The van der Waals surface area contributed by atoms with Gasteiger partial charge in [0.2, 0.25) is 10.0 Å². The first-order valence-corrected chi connectivity index (χ1v) is 12.2. The van der Waals surface area contributed by atoms with Crippen LogP contribution in [0.4, 0.5) is 5.69 Å². The van der Waals surface area contributed by atoms with Crippen molar-refractivity contribution >= 4 is 31.5 Å². The van der Waals surface area contributed by atoms with E-state index in [-0.39, 0.29) is 35.3 Å². The van der Waals surface area contributed by atoms with Gasteiger partial charge in [-0.2, -0.15) is 0 Å². The summed E-state index contributed by atoms with van der Waals surface area (Å²) in [5, 5.41) is 13.8. The summed E-state index contributed by atoms with van der Waals surface area (Å²) >= 11 is 0. The monoisotopic (exact) mass is 433 g/mol. The normalized spacial score (nSPS) is 16.6. The number of piperidine rings is 1. The second-order valence-corrected chi connectivity index (χ2v) is 10.8. The minimum Gasteiger partial charge on any atom is -0.349 e. The van der Waals surface area contributed by atoms with Gasteiger partial charge in [0, 0.05) is 43.1 Å². The molecule has 0 aromatic heterocycles. The van der Waals surface area contributed by atoms with Gasteiger partial charge < -0.3 is 5.32 Å². The highest BCUT2D eigenvalue weighted by Crippen LogP contribution is 2.22. The fraction of sp³-hybridized carbons (Fsp3) is 0.562. The molecular weight excluding hydrogens is 410 g/mol. The van der Waals surface area contributed by atoms with E-state index in [0.717, 1.165) is 24.5 Å². The number of sulfonamides is 1. The molecule has 1 N–H and O–H groups in total. The Kier molecular flexibility index (Phi) is 6.78. The van der Waals surface area contributed by atoms with Crippen LogP contribution in [0.25, 0.3) is 0 Å². The number of nitrogens with one attached hydrogen (secondary N) is 1. The summed E-state index contributed by atoms with van der Waals surface area (Å²) in [4.78, 5) is 22.5. The number of hydrogen-bond donors (Lipinski definition) is 1. The van der Waals surface area contributed by atoms with Crippen LogP contribution in [0.3, 0.4) is 0 Å². The fourth-order valence-corrected chi connectivity index (χ4v) is 5.19. The predicted molar refractivity (Wildman–Crippen MR) is 102 cm³/mol. The summed E-state index contributed by atoms with van der Waals surface area (Å²) in [7, 11) is -7.03. The van der Waals surface area contributed by atoms with Crippen molar-refractivity contribution in [3.05, 3.63) is 33.9 Å². The Morgan fingerprint density at radius 2 is 1.82 bits per heavy atom. The van der Waals surface area contributed by atoms with Crippen molar-refractivity contribution in [2.45, 2.75) is 37.1 Å². The van der Waals surface area contributed by atoms with Crippen LogP contribution in [0.1, 0.15) is 36.5 Å². The van der Waals surface area contributed by atoms with Crippen molar-refractivity contribution in [2.75, 3.05) is 25.1 Å². The zero-order valence-corrected chi connectivity index (χ0v) is 17.3. The summed E-state index contributed by atoms with van der Waals surface area (Å²) in [5.74, 6) is -0.560. The predicted octanol–water partition coefficient (Wildman–Crippen LogP) is 0.932. The Bertz CT molecular complexity index is 966. The van der Waals surface area contributed by atoms with Crippen molar-refractivity contribution < 1.29 is 26.6 Å². The number of carbonyl (C=O) groups is 1. The molecule has 1 aromatic rings. The number of nitrogens with zero attached hydrogens (tertiary/aromatic N) is 2. The lowest BCUT2D eigenvalue weighted by Crippen LogP contribution is -2.47. The number of amides is 1. The summed E-state index contributed by atoms with van der Waals surface area (Å²) < 4.78 is 49.0. The van der Waals surface area contributed by atoms with Gasteiger partial charge in [0.1, 0.15) is 0 Å². The molecule has 0 bridgehead atoms. The van der Waals surface area contributed by atoms with Crippen LogP contribution in [0, 0.1) is 10.1 Å². The SMILES string of the molecule is CCCS(=O)(=O)N1CCC(NC(=O)c2cc([N+](=O)[O-])cc(S(C)(=O)=O)c2)CC1. The van der Waals surface area contributed by atoms with E-state index < -0.39 is 36.4 Å². The number of hydrogen-bond acceptors (Lipinski definition) is 7. The molecule has 12 heteroatoms. The van der Waals surface area contributed by atoms with Crippen LogP contribution in [-0.4, -0.2) is 63.1 Å². The Balaban J connectivity index is 2.12. The van der Waals surface area contributed by atoms with E-state index in [1.165, 1.54) is 4.31 Å². The molecule has 0 saturated carbocycles. The highest BCUT2D eigenvalue weighted by Gasteiger charge is 2.28. The number of benzene rings is 1. The third-order valence-electron chi connectivity index (χ3n) is 4.44. The van der Waals surface area contributed by atoms with Crippen LogP contribution in [-0.2, 0) is 19.9 Å². The summed E-state index contributed by atoms with van der Waals surface area (Å²) in [6.45, 7) is 2.34. The van der Waals surface area contributed by atoms with Crippen LogP contribution in [0.5, 0.6) is 0 Å². The molecule has 1 fully saturated rings. The van der Waals surface area contributed by atoms with Gasteiger partial charge >= 0.3 is 0 Å². The molecular formula is C16H23N3O7S2. The second-order valence-electron chi connectivity index (χ2n) is 6.71. The molecule has 1 aromatic carbocycles. The quantitative estimate of drug-likeness (QED) is 0.497. The van der Waals surface area contributed by atoms with E-state index in [1.54, 1.807) is 6.92 Å². The zero-order chi connectivity index (χ0) is 21.1. The third-order valence-corrected chi connectivity index (χ3v) is 7.61. The Hall–Kier alpha value is -2.05. The van der Waals surface area contributed by atoms with Gasteiger partial charge in [-0.05, 0) is 25.3 Å². The smallest absolute Gasteiger partial charge is 0.271 e. The molecule has 28 heavy (non-hydrogen) atoms. The largest absolute Gasteiger partial charge is 0.349 e. The molecule has 1 aliphatic rings. The lowest BCUT2D eigenvalue weighted by Gasteiger charge is -2.31. The first kappa shape index (κ1) is 22.2. The van der Waals surface area contributed by atoms with Crippen molar-refractivity contribution in [1.29, 1.82) is 0 Å². The lowest BCUT2D eigenvalue weighted by atomic mass is 10.1. The van der Waals surface area contributed by atoms with Gasteiger partial charge in [-0.3, -0.25) is 14.9 Å².